The fourth-order valence-corrected chi connectivity index (χ4v) is 3.31. The number of rotatable bonds is 3. The van der Waals surface area contributed by atoms with Crippen molar-refractivity contribution in [1.29, 1.82) is 0 Å². The Morgan fingerprint density at radius 3 is 2.62 bits per heavy atom. The lowest BCUT2D eigenvalue weighted by atomic mass is 10.1. The zero-order valence-electron chi connectivity index (χ0n) is 13.6. The molecule has 1 amide bonds. The van der Waals surface area contributed by atoms with Gasteiger partial charge in [0, 0.05) is 13.1 Å². The van der Waals surface area contributed by atoms with Crippen LogP contribution < -0.4 is 0 Å². The van der Waals surface area contributed by atoms with Crippen molar-refractivity contribution in [2.24, 2.45) is 4.99 Å². The molecule has 0 saturated carbocycles. The standard InChI is InChI=1S/C19H18N2O2S/c1-3-13-7-9-14(10-8-13)11-17-18(23)21(2)19(24-17)20-15-5-4-6-16(22)12-15/h4-12,22H,3H2,1-2H3/b17-11-,20-19?. The summed E-state index contributed by atoms with van der Waals surface area (Å²) in [5, 5.41) is 10.1. The van der Waals surface area contributed by atoms with Gasteiger partial charge < -0.3 is 5.11 Å². The molecule has 0 spiro atoms. The van der Waals surface area contributed by atoms with Gasteiger partial charge in [-0.3, -0.25) is 9.69 Å². The number of phenolic OH excluding ortho intramolecular Hbond substituents is 1. The number of phenols is 1. The van der Waals surface area contributed by atoms with E-state index in [1.165, 1.54) is 22.2 Å². The molecule has 0 bridgehead atoms. The lowest BCUT2D eigenvalue weighted by Gasteiger charge is -2.07. The first-order valence-electron chi connectivity index (χ1n) is 7.71. The number of amidine groups is 1. The van der Waals surface area contributed by atoms with Gasteiger partial charge in [0.1, 0.15) is 5.75 Å². The molecular formula is C19H18N2O2S. The summed E-state index contributed by atoms with van der Waals surface area (Å²) < 4.78 is 0. The molecule has 4 nitrogen and oxygen atoms in total. The quantitative estimate of drug-likeness (QED) is 0.854. The summed E-state index contributed by atoms with van der Waals surface area (Å²) in [7, 11) is 1.71. The number of benzene rings is 2. The van der Waals surface area contributed by atoms with Crippen LogP contribution in [0.5, 0.6) is 5.75 Å². The number of aliphatic imine (C=N–C) groups is 1. The van der Waals surface area contributed by atoms with Gasteiger partial charge in [-0.15, -0.1) is 0 Å². The summed E-state index contributed by atoms with van der Waals surface area (Å²) in [5.74, 6) is 0.0825. The number of carbonyl (C=O) groups excluding carboxylic acids is 1. The fraction of sp³-hybridized carbons (Fsp3) is 0.158. The molecule has 1 aliphatic rings. The van der Waals surface area contributed by atoms with Gasteiger partial charge in [-0.2, -0.15) is 0 Å². The van der Waals surface area contributed by atoms with Crippen molar-refractivity contribution in [3.63, 3.8) is 0 Å². The predicted molar refractivity (Wildman–Crippen MR) is 99.4 cm³/mol. The summed E-state index contributed by atoms with van der Waals surface area (Å²) in [5.41, 5.74) is 2.88. The molecule has 1 aliphatic heterocycles. The minimum atomic E-state index is -0.0709. The number of amides is 1. The van der Waals surface area contributed by atoms with Gasteiger partial charge in [0.15, 0.2) is 5.17 Å². The minimum Gasteiger partial charge on any atom is -0.508 e. The van der Waals surface area contributed by atoms with Crippen LogP contribution >= 0.6 is 11.8 Å². The van der Waals surface area contributed by atoms with Crippen LogP contribution in [0, 0.1) is 0 Å². The molecule has 0 aliphatic carbocycles. The Balaban J connectivity index is 1.86. The van der Waals surface area contributed by atoms with Crippen molar-refractivity contribution < 1.29 is 9.90 Å². The van der Waals surface area contributed by atoms with Crippen LogP contribution in [0.1, 0.15) is 18.1 Å². The van der Waals surface area contributed by atoms with E-state index < -0.39 is 0 Å². The zero-order chi connectivity index (χ0) is 17.1. The van der Waals surface area contributed by atoms with Crippen LogP contribution in [0.2, 0.25) is 0 Å². The first-order valence-corrected chi connectivity index (χ1v) is 8.52. The Labute approximate surface area is 145 Å². The van der Waals surface area contributed by atoms with Gasteiger partial charge in [0.25, 0.3) is 5.91 Å². The van der Waals surface area contributed by atoms with Gasteiger partial charge in [-0.25, -0.2) is 4.99 Å². The molecule has 3 rings (SSSR count). The highest BCUT2D eigenvalue weighted by Gasteiger charge is 2.30. The molecule has 2 aromatic rings. The Hall–Kier alpha value is -2.53. The van der Waals surface area contributed by atoms with Crippen LogP contribution in [-0.2, 0) is 11.2 Å². The van der Waals surface area contributed by atoms with Gasteiger partial charge >= 0.3 is 0 Å². The first-order chi connectivity index (χ1) is 11.6. The SMILES string of the molecule is CCc1ccc(/C=C2\SC(=Nc3cccc(O)c3)N(C)C2=O)cc1. The monoisotopic (exact) mass is 338 g/mol. The van der Waals surface area contributed by atoms with Crippen LogP contribution in [-0.4, -0.2) is 28.1 Å². The molecule has 2 aromatic carbocycles. The van der Waals surface area contributed by atoms with E-state index in [2.05, 4.69) is 24.0 Å². The van der Waals surface area contributed by atoms with Gasteiger partial charge in [-0.1, -0.05) is 37.3 Å². The molecule has 1 saturated heterocycles. The number of carbonyl (C=O) groups is 1. The second kappa shape index (κ2) is 6.93. The third kappa shape index (κ3) is 3.51. The maximum atomic E-state index is 12.4. The number of hydrogen-bond donors (Lipinski definition) is 1. The maximum Gasteiger partial charge on any atom is 0.266 e. The molecule has 1 heterocycles. The molecule has 0 aromatic heterocycles. The first kappa shape index (κ1) is 16.3. The lowest BCUT2D eigenvalue weighted by Crippen LogP contribution is -2.23. The normalized spacial score (nSPS) is 17.9. The predicted octanol–water partition coefficient (Wildman–Crippen LogP) is 4.19. The smallest absolute Gasteiger partial charge is 0.266 e. The van der Waals surface area contributed by atoms with Crippen LogP contribution in [0.25, 0.3) is 6.08 Å². The van der Waals surface area contributed by atoms with E-state index in [1.807, 2.05) is 18.2 Å². The highest BCUT2D eigenvalue weighted by Crippen LogP contribution is 2.33. The van der Waals surface area contributed by atoms with E-state index >= 15 is 0 Å². The van der Waals surface area contributed by atoms with Gasteiger partial charge in [-0.05, 0) is 47.5 Å². The van der Waals surface area contributed by atoms with E-state index in [0.29, 0.717) is 15.8 Å². The molecular weight excluding hydrogens is 320 g/mol. The van der Waals surface area contributed by atoms with Crippen molar-refractivity contribution in [2.45, 2.75) is 13.3 Å². The van der Waals surface area contributed by atoms with Gasteiger partial charge in [0.05, 0.1) is 10.6 Å². The zero-order valence-corrected chi connectivity index (χ0v) is 14.4. The molecule has 122 valence electrons. The number of aromatic hydroxyl groups is 1. The average molecular weight is 338 g/mol. The summed E-state index contributed by atoms with van der Waals surface area (Å²) in [4.78, 5) is 19.0. The Morgan fingerprint density at radius 2 is 1.96 bits per heavy atom. The Bertz CT molecular complexity index is 826. The second-order valence-electron chi connectivity index (χ2n) is 5.48. The third-order valence-corrected chi connectivity index (χ3v) is 4.80. The fourth-order valence-electron chi connectivity index (χ4n) is 2.33. The molecule has 0 unspecified atom stereocenters. The largest absolute Gasteiger partial charge is 0.508 e. The van der Waals surface area contributed by atoms with E-state index in [0.717, 1.165) is 12.0 Å². The Kier molecular flexibility index (Phi) is 4.71. The molecule has 1 fully saturated rings. The number of likely N-dealkylation sites (N-methyl/N-ethyl adjacent to an activating group) is 1. The van der Waals surface area contributed by atoms with Crippen molar-refractivity contribution in [3.8, 4) is 5.75 Å². The minimum absolute atomic E-state index is 0.0709. The average Bonchev–Trinajstić information content (AvgIpc) is 2.84. The van der Waals surface area contributed by atoms with E-state index in [9.17, 15) is 9.90 Å². The summed E-state index contributed by atoms with van der Waals surface area (Å²) in [6.45, 7) is 2.11. The van der Waals surface area contributed by atoms with E-state index in [4.69, 9.17) is 0 Å². The van der Waals surface area contributed by atoms with Crippen molar-refractivity contribution in [3.05, 3.63) is 64.6 Å². The molecule has 24 heavy (non-hydrogen) atoms. The number of thioether (sulfide) groups is 1. The summed E-state index contributed by atoms with van der Waals surface area (Å²) >= 11 is 1.34. The van der Waals surface area contributed by atoms with Crippen molar-refractivity contribution >= 4 is 34.6 Å². The highest BCUT2D eigenvalue weighted by molar-refractivity contribution is 8.18. The number of nitrogens with zero attached hydrogens (tertiary/aromatic N) is 2. The van der Waals surface area contributed by atoms with Crippen LogP contribution in [0.4, 0.5) is 5.69 Å². The number of aryl methyl sites for hydroxylation is 1. The van der Waals surface area contributed by atoms with Crippen molar-refractivity contribution in [1.82, 2.24) is 4.90 Å². The molecule has 0 atom stereocenters. The van der Waals surface area contributed by atoms with Gasteiger partial charge in [0.2, 0.25) is 0 Å². The summed E-state index contributed by atoms with van der Waals surface area (Å²) in [6.07, 6.45) is 2.88. The van der Waals surface area contributed by atoms with Crippen LogP contribution in [0.3, 0.4) is 0 Å². The van der Waals surface area contributed by atoms with E-state index in [1.54, 1.807) is 31.3 Å². The molecule has 1 N–H and O–H groups in total. The topological polar surface area (TPSA) is 52.9 Å². The highest BCUT2D eigenvalue weighted by atomic mass is 32.2. The van der Waals surface area contributed by atoms with E-state index in [-0.39, 0.29) is 11.7 Å². The second-order valence-corrected chi connectivity index (χ2v) is 6.49. The maximum absolute atomic E-state index is 12.4. The lowest BCUT2D eigenvalue weighted by molar-refractivity contribution is -0.121. The molecule has 0 radical (unpaired) electrons. The Morgan fingerprint density at radius 1 is 1.21 bits per heavy atom. The van der Waals surface area contributed by atoms with Crippen LogP contribution in [0.15, 0.2) is 58.4 Å². The van der Waals surface area contributed by atoms with Crippen molar-refractivity contribution in [2.75, 3.05) is 7.05 Å². The molecule has 5 heteroatoms. The third-order valence-electron chi connectivity index (χ3n) is 3.74. The summed E-state index contributed by atoms with van der Waals surface area (Å²) in [6, 6.07) is 14.8. The number of hydrogen-bond acceptors (Lipinski definition) is 4.